The molecule has 0 aliphatic heterocycles. The topological polar surface area (TPSA) is 77.4 Å². The maximum atomic E-state index is 10.7. The van der Waals surface area contributed by atoms with Crippen LogP contribution in [0.1, 0.15) is 37.1 Å². The summed E-state index contributed by atoms with van der Waals surface area (Å²) in [4.78, 5) is 30.3. The molecule has 2 aromatic rings. The maximum Gasteiger partial charge on any atom is 0.160 e. The lowest BCUT2D eigenvalue weighted by molar-refractivity contribution is 0.0143. The zero-order valence-corrected chi connectivity index (χ0v) is 19.5. The summed E-state index contributed by atoms with van der Waals surface area (Å²) in [6, 6.07) is 7.50. The van der Waals surface area contributed by atoms with E-state index in [0.717, 1.165) is 46.7 Å². The number of aldehydes is 2. The molecule has 170 valence electrons. The number of thiophene rings is 2. The fourth-order valence-electron chi connectivity index (χ4n) is 2.58. The average molecular weight is 467 g/mol. The van der Waals surface area contributed by atoms with Crippen LogP contribution in [0.4, 0.5) is 5.00 Å². The van der Waals surface area contributed by atoms with Crippen molar-refractivity contribution in [2.75, 3.05) is 64.7 Å². The predicted octanol–water partition coefficient (Wildman–Crippen LogP) is 3.82. The first kappa shape index (κ1) is 25.4. The van der Waals surface area contributed by atoms with Crippen molar-refractivity contribution in [1.82, 2.24) is 0 Å². The Morgan fingerprint density at radius 3 is 2.03 bits per heavy atom. The number of hydrogen-bond donors (Lipinski definition) is 0. The minimum Gasteiger partial charge on any atom is -0.379 e. The van der Waals surface area contributed by atoms with Crippen molar-refractivity contribution in [2.45, 2.75) is 12.8 Å². The Balaban J connectivity index is 1.33. The molecule has 31 heavy (non-hydrogen) atoms. The zero-order valence-electron chi connectivity index (χ0n) is 17.9. The van der Waals surface area contributed by atoms with Crippen LogP contribution in [0.15, 0.2) is 29.3 Å². The predicted molar refractivity (Wildman–Crippen MR) is 127 cm³/mol. The third kappa shape index (κ3) is 10.8. The molecule has 0 bridgehead atoms. The number of nitrogens with zero attached hydrogens (tertiary/aromatic N) is 2. The van der Waals surface area contributed by atoms with E-state index in [-0.39, 0.29) is 0 Å². The van der Waals surface area contributed by atoms with Gasteiger partial charge in [-0.05, 0) is 37.1 Å². The van der Waals surface area contributed by atoms with E-state index >= 15 is 0 Å². The normalized spacial score (nSPS) is 11.3. The van der Waals surface area contributed by atoms with Crippen LogP contribution < -0.4 is 4.90 Å². The number of rotatable bonds is 18. The minimum absolute atomic E-state index is 0.552. The standard InChI is InChI=1S/C22H30N2O5S2/c1-24(22-7-6-21(18-26)31-22)9-3-11-28-13-15-29-14-12-27-10-2-8-23-16-19-4-5-20(17-25)30-19/h4-7,16-18H,2-3,8-15H2,1H3. The van der Waals surface area contributed by atoms with Gasteiger partial charge in [0.05, 0.1) is 41.2 Å². The van der Waals surface area contributed by atoms with Gasteiger partial charge in [-0.2, -0.15) is 0 Å². The smallest absolute Gasteiger partial charge is 0.160 e. The van der Waals surface area contributed by atoms with E-state index in [1.165, 1.54) is 22.7 Å². The molecule has 0 aliphatic rings. The summed E-state index contributed by atoms with van der Waals surface area (Å²) in [5.74, 6) is 0. The third-order valence-corrected chi connectivity index (χ3v) is 6.26. The summed E-state index contributed by atoms with van der Waals surface area (Å²) in [7, 11) is 2.02. The van der Waals surface area contributed by atoms with Gasteiger partial charge in [0, 0.05) is 44.4 Å². The summed E-state index contributed by atoms with van der Waals surface area (Å²) in [6.07, 6.45) is 5.29. The number of carbonyl (C=O) groups excluding carboxylic acids is 2. The van der Waals surface area contributed by atoms with Crippen molar-refractivity contribution in [1.29, 1.82) is 0 Å². The highest BCUT2D eigenvalue weighted by Crippen LogP contribution is 2.23. The Morgan fingerprint density at radius 1 is 0.806 bits per heavy atom. The van der Waals surface area contributed by atoms with Gasteiger partial charge in [0.2, 0.25) is 0 Å². The molecule has 0 aromatic carbocycles. The molecule has 0 fully saturated rings. The largest absolute Gasteiger partial charge is 0.379 e. The Hall–Kier alpha value is -1.91. The lowest BCUT2D eigenvalue weighted by Gasteiger charge is -2.16. The summed E-state index contributed by atoms with van der Waals surface area (Å²) < 4.78 is 16.6. The summed E-state index contributed by atoms with van der Waals surface area (Å²) in [5.41, 5.74) is 0. The van der Waals surface area contributed by atoms with Crippen LogP contribution in [-0.4, -0.2) is 78.6 Å². The first-order valence-corrected chi connectivity index (χ1v) is 11.9. The second-order valence-electron chi connectivity index (χ2n) is 6.65. The van der Waals surface area contributed by atoms with Crippen molar-refractivity contribution in [3.63, 3.8) is 0 Å². The fourth-order valence-corrected chi connectivity index (χ4v) is 4.11. The number of hydrogen-bond acceptors (Lipinski definition) is 9. The number of carbonyl (C=O) groups is 2. The lowest BCUT2D eigenvalue weighted by atomic mass is 10.4. The molecule has 7 nitrogen and oxygen atoms in total. The van der Waals surface area contributed by atoms with Gasteiger partial charge < -0.3 is 19.1 Å². The van der Waals surface area contributed by atoms with Gasteiger partial charge in [0.15, 0.2) is 12.6 Å². The Kier molecular flexibility index (Phi) is 12.9. The fraction of sp³-hybridized carbons (Fsp3) is 0.500. The van der Waals surface area contributed by atoms with E-state index in [4.69, 9.17) is 14.2 Å². The molecule has 2 heterocycles. The summed E-state index contributed by atoms with van der Waals surface area (Å²) in [6.45, 7) is 5.14. The van der Waals surface area contributed by atoms with Crippen LogP contribution in [0.2, 0.25) is 0 Å². The molecule has 0 aliphatic carbocycles. The highest BCUT2D eigenvalue weighted by Gasteiger charge is 2.04. The monoisotopic (exact) mass is 466 g/mol. The molecule has 0 atom stereocenters. The first-order chi connectivity index (χ1) is 15.2. The molecule has 0 saturated carbocycles. The van der Waals surface area contributed by atoms with Crippen molar-refractivity contribution in [3.05, 3.63) is 38.9 Å². The molecule has 2 aromatic heterocycles. The van der Waals surface area contributed by atoms with E-state index in [2.05, 4.69) is 9.89 Å². The van der Waals surface area contributed by atoms with Crippen molar-refractivity contribution in [3.8, 4) is 0 Å². The maximum absolute atomic E-state index is 10.7. The highest BCUT2D eigenvalue weighted by atomic mass is 32.1. The van der Waals surface area contributed by atoms with E-state index in [1.807, 2.05) is 25.2 Å². The Labute approximate surface area is 191 Å². The van der Waals surface area contributed by atoms with Crippen LogP contribution in [0.3, 0.4) is 0 Å². The summed E-state index contributed by atoms with van der Waals surface area (Å²) in [5, 5.41) is 1.09. The zero-order chi connectivity index (χ0) is 22.2. The Bertz CT molecular complexity index is 790. The SMILES string of the molecule is CN(CCCOCCOCCOCCCN=Cc1ccc(C=O)s1)c1ccc(C=O)s1. The first-order valence-electron chi connectivity index (χ1n) is 10.3. The van der Waals surface area contributed by atoms with Gasteiger partial charge in [0.1, 0.15) is 0 Å². The van der Waals surface area contributed by atoms with Crippen molar-refractivity contribution < 1.29 is 23.8 Å². The molecule has 0 radical (unpaired) electrons. The molecular weight excluding hydrogens is 436 g/mol. The minimum atomic E-state index is 0.552. The van der Waals surface area contributed by atoms with Crippen molar-refractivity contribution >= 4 is 46.5 Å². The molecule has 0 saturated heterocycles. The third-order valence-electron chi connectivity index (χ3n) is 4.19. The highest BCUT2D eigenvalue weighted by molar-refractivity contribution is 7.17. The van der Waals surface area contributed by atoms with Crippen molar-refractivity contribution in [2.24, 2.45) is 4.99 Å². The van der Waals surface area contributed by atoms with Crippen LogP contribution in [0, 0.1) is 0 Å². The Morgan fingerprint density at radius 2 is 1.39 bits per heavy atom. The number of ether oxygens (including phenoxy) is 3. The molecule has 0 unspecified atom stereocenters. The lowest BCUT2D eigenvalue weighted by Crippen LogP contribution is -2.19. The van der Waals surface area contributed by atoms with Crippen LogP contribution in [-0.2, 0) is 14.2 Å². The van der Waals surface area contributed by atoms with Crippen LogP contribution in [0.5, 0.6) is 0 Å². The van der Waals surface area contributed by atoms with E-state index < -0.39 is 0 Å². The molecule has 0 amide bonds. The summed E-state index contributed by atoms with van der Waals surface area (Å²) >= 11 is 2.93. The molecule has 0 N–H and O–H groups in total. The number of aliphatic imine (C=N–C) groups is 1. The van der Waals surface area contributed by atoms with Gasteiger partial charge in [-0.3, -0.25) is 14.6 Å². The second-order valence-corrected chi connectivity index (χ2v) is 8.89. The second kappa shape index (κ2) is 15.8. The molecular formula is C22H30N2O5S2. The molecule has 0 spiro atoms. The average Bonchev–Trinajstić information content (AvgIpc) is 3.45. The quantitative estimate of drug-likeness (QED) is 0.189. The van der Waals surface area contributed by atoms with Crippen LogP contribution >= 0.6 is 22.7 Å². The van der Waals surface area contributed by atoms with Gasteiger partial charge in [-0.15, -0.1) is 22.7 Å². The van der Waals surface area contributed by atoms with E-state index in [9.17, 15) is 9.59 Å². The number of anilines is 1. The van der Waals surface area contributed by atoms with Gasteiger partial charge in [-0.25, -0.2) is 0 Å². The van der Waals surface area contributed by atoms with Gasteiger partial charge in [-0.1, -0.05) is 0 Å². The van der Waals surface area contributed by atoms with E-state index in [1.54, 1.807) is 12.3 Å². The molecule has 9 heteroatoms. The van der Waals surface area contributed by atoms with E-state index in [0.29, 0.717) is 51.1 Å². The van der Waals surface area contributed by atoms with Crippen LogP contribution in [0.25, 0.3) is 0 Å². The van der Waals surface area contributed by atoms with Gasteiger partial charge in [0.25, 0.3) is 0 Å². The molecule has 2 rings (SSSR count). The van der Waals surface area contributed by atoms with Gasteiger partial charge >= 0.3 is 0 Å².